The summed E-state index contributed by atoms with van der Waals surface area (Å²) in [4.78, 5) is 4.31. The largest absolute Gasteiger partial charge is 0.496 e. The normalized spacial score (nSPS) is 12.2. The number of guanidine groups is 1. The predicted octanol–water partition coefficient (Wildman–Crippen LogP) is 3.73. The van der Waals surface area contributed by atoms with Gasteiger partial charge >= 0.3 is 0 Å². The van der Waals surface area contributed by atoms with Crippen LogP contribution in [0.25, 0.3) is 0 Å². The van der Waals surface area contributed by atoms with Crippen LogP contribution in [0.15, 0.2) is 66.2 Å². The van der Waals surface area contributed by atoms with Gasteiger partial charge in [-0.2, -0.15) is 0 Å². The second-order valence-electron chi connectivity index (χ2n) is 6.16. The minimum atomic E-state index is 0.280. The first kappa shape index (κ1) is 20.4. The lowest BCUT2D eigenvalue weighted by Crippen LogP contribution is -2.38. The lowest BCUT2D eigenvalue weighted by atomic mass is 10.0. The molecule has 0 heterocycles. The topological polar surface area (TPSA) is 54.9 Å². The van der Waals surface area contributed by atoms with Gasteiger partial charge in [-0.05, 0) is 17.7 Å². The van der Waals surface area contributed by atoms with Gasteiger partial charge in [0.2, 0.25) is 0 Å². The summed E-state index contributed by atoms with van der Waals surface area (Å²) in [5.41, 5.74) is 2.24. The van der Waals surface area contributed by atoms with E-state index in [4.69, 9.17) is 9.47 Å². The van der Waals surface area contributed by atoms with E-state index in [9.17, 15) is 0 Å². The molecule has 1 unspecified atom stereocenters. The van der Waals surface area contributed by atoms with Crippen molar-refractivity contribution in [3.8, 4) is 11.5 Å². The summed E-state index contributed by atoms with van der Waals surface area (Å²) >= 11 is 0. The highest BCUT2D eigenvalue weighted by Gasteiger charge is 2.11. The summed E-state index contributed by atoms with van der Waals surface area (Å²) in [7, 11) is 3.47. The molecule has 0 aliphatic heterocycles. The van der Waals surface area contributed by atoms with E-state index in [1.807, 2.05) is 42.5 Å². The van der Waals surface area contributed by atoms with Gasteiger partial charge in [-0.3, -0.25) is 4.99 Å². The van der Waals surface area contributed by atoms with Crippen LogP contribution in [0, 0.1) is 0 Å². The summed E-state index contributed by atoms with van der Waals surface area (Å²) in [6, 6.07) is 16.0. The molecule has 2 aromatic carbocycles. The van der Waals surface area contributed by atoms with Crippen molar-refractivity contribution in [3.63, 3.8) is 0 Å². The Hall–Kier alpha value is -2.95. The van der Waals surface area contributed by atoms with Crippen LogP contribution < -0.4 is 20.1 Å². The molecule has 0 radical (unpaired) electrons. The lowest BCUT2D eigenvalue weighted by molar-refractivity contribution is 0.358. The summed E-state index contributed by atoms with van der Waals surface area (Å²) < 4.78 is 11.2. The van der Waals surface area contributed by atoms with Crippen molar-refractivity contribution < 1.29 is 9.47 Å². The second kappa shape index (κ2) is 10.9. The van der Waals surface area contributed by atoms with Crippen LogP contribution in [-0.2, 0) is 6.54 Å². The number of hydrogen-bond donors (Lipinski definition) is 2. The van der Waals surface area contributed by atoms with E-state index in [0.29, 0.717) is 13.2 Å². The minimum absolute atomic E-state index is 0.280. The molecule has 0 saturated carbocycles. The maximum Gasteiger partial charge on any atom is 0.191 e. The zero-order chi connectivity index (χ0) is 19.5. The number of nitrogens with zero attached hydrogens (tertiary/aromatic N) is 1. The van der Waals surface area contributed by atoms with Crippen molar-refractivity contribution in [3.05, 3.63) is 72.3 Å². The molecule has 0 bridgehead atoms. The van der Waals surface area contributed by atoms with Crippen molar-refractivity contribution >= 4 is 5.96 Å². The van der Waals surface area contributed by atoms with Crippen molar-refractivity contribution in [1.82, 2.24) is 10.6 Å². The number of rotatable bonds is 9. The molecule has 27 heavy (non-hydrogen) atoms. The van der Waals surface area contributed by atoms with Gasteiger partial charge in [0.15, 0.2) is 5.96 Å². The monoisotopic (exact) mass is 367 g/mol. The van der Waals surface area contributed by atoms with E-state index in [1.54, 1.807) is 20.2 Å². The fourth-order valence-electron chi connectivity index (χ4n) is 2.77. The first-order chi connectivity index (χ1) is 13.2. The molecule has 0 saturated heterocycles. The Kier molecular flexibility index (Phi) is 8.23. The third-order valence-corrected chi connectivity index (χ3v) is 4.24. The molecular formula is C22H29N3O2. The summed E-state index contributed by atoms with van der Waals surface area (Å²) in [5.74, 6) is 2.78. The molecule has 1 atom stereocenters. The fraction of sp³-hybridized carbons (Fsp3) is 0.318. The van der Waals surface area contributed by atoms with Crippen molar-refractivity contribution in [2.45, 2.75) is 19.4 Å². The van der Waals surface area contributed by atoms with E-state index in [2.05, 4.69) is 35.2 Å². The SMILES string of the molecule is C=CCOc1ccccc1CNC(=NC)NCC(C)c1ccccc1OC. The molecule has 2 rings (SSSR count). The number of nitrogens with one attached hydrogen (secondary N) is 2. The summed E-state index contributed by atoms with van der Waals surface area (Å²) in [5, 5.41) is 6.72. The number of methoxy groups -OCH3 is 1. The molecule has 0 aliphatic carbocycles. The standard InChI is InChI=1S/C22H29N3O2/c1-5-14-27-20-12-8-6-10-18(20)16-25-22(23-3)24-15-17(2)19-11-7-9-13-21(19)26-4/h5-13,17H,1,14-16H2,2-4H3,(H2,23,24,25). The number of benzene rings is 2. The average Bonchev–Trinajstić information content (AvgIpc) is 2.72. The van der Waals surface area contributed by atoms with Crippen LogP contribution in [0.5, 0.6) is 11.5 Å². The molecule has 5 nitrogen and oxygen atoms in total. The third-order valence-electron chi connectivity index (χ3n) is 4.24. The minimum Gasteiger partial charge on any atom is -0.496 e. The lowest BCUT2D eigenvalue weighted by Gasteiger charge is -2.19. The smallest absolute Gasteiger partial charge is 0.191 e. The Morgan fingerprint density at radius 3 is 2.52 bits per heavy atom. The molecule has 0 spiro atoms. The number of para-hydroxylation sites is 2. The fourth-order valence-corrected chi connectivity index (χ4v) is 2.77. The van der Waals surface area contributed by atoms with Crippen LogP contribution in [0.4, 0.5) is 0 Å². The molecule has 0 aromatic heterocycles. The quantitative estimate of drug-likeness (QED) is 0.403. The number of ether oxygens (including phenoxy) is 2. The zero-order valence-corrected chi connectivity index (χ0v) is 16.4. The molecule has 0 amide bonds. The Labute approximate surface area is 162 Å². The first-order valence-electron chi connectivity index (χ1n) is 9.08. The molecule has 144 valence electrons. The first-order valence-corrected chi connectivity index (χ1v) is 9.08. The number of hydrogen-bond acceptors (Lipinski definition) is 3. The van der Waals surface area contributed by atoms with E-state index >= 15 is 0 Å². The molecular weight excluding hydrogens is 338 g/mol. The maximum absolute atomic E-state index is 5.70. The summed E-state index contributed by atoms with van der Waals surface area (Å²) in [6.45, 7) is 7.71. The Balaban J connectivity index is 1.92. The average molecular weight is 367 g/mol. The zero-order valence-electron chi connectivity index (χ0n) is 16.4. The number of aliphatic imine (C=N–C) groups is 1. The van der Waals surface area contributed by atoms with Gasteiger partial charge in [0.1, 0.15) is 18.1 Å². The van der Waals surface area contributed by atoms with Crippen LogP contribution in [0.2, 0.25) is 0 Å². The molecule has 0 aliphatic rings. The maximum atomic E-state index is 5.70. The van der Waals surface area contributed by atoms with Crippen LogP contribution >= 0.6 is 0 Å². The van der Waals surface area contributed by atoms with Gasteiger partial charge in [0, 0.05) is 31.6 Å². The predicted molar refractivity (Wildman–Crippen MR) is 112 cm³/mol. The van der Waals surface area contributed by atoms with Gasteiger partial charge in [-0.1, -0.05) is 56.0 Å². The van der Waals surface area contributed by atoms with Gasteiger partial charge in [0.05, 0.1) is 7.11 Å². The highest BCUT2D eigenvalue weighted by atomic mass is 16.5. The van der Waals surface area contributed by atoms with Gasteiger partial charge in [-0.15, -0.1) is 0 Å². The van der Waals surface area contributed by atoms with Gasteiger partial charge < -0.3 is 20.1 Å². The van der Waals surface area contributed by atoms with E-state index in [0.717, 1.165) is 29.6 Å². The Bertz CT molecular complexity index is 759. The van der Waals surface area contributed by atoms with Crippen LogP contribution in [0.3, 0.4) is 0 Å². The Morgan fingerprint density at radius 2 is 1.81 bits per heavy atom. The molecule has 2 aromatic rings. The molecule has 0 fully saturated rings. The van der Waals surface area contributed by atoms with Gasteiger partial charge in [0.25, 0.3) is 0 Å². The van der Waals surface area contributed by atoms with Crippen LogP contribution in [0.1, 0.15) is 24.0 Å². The van der Waals surface area contributed by atoms with E-state index in [1.165, 1.54) is 5.56 Å². The van der Waals surface area contributed by atoms with E-state index < -0.39 is 0 Å². The molecule has 5 heteroatoms. The van der Waals surface area contributed by atoms with Crippen molar-refractivity contribution in [2.75, 3.05) is 27.3 Å². The summed E-state index contributed by atoms with van der Waals surface area (Å²) in [6.07, 6.45) is 1.74. The van der Waals surface area contributed by atoms with Gasteiger partial charge in [-0.25, -0.2) is 0 Å². The van der Waals surface area contributed by atoms with Crippen molar-refractivity contribution in [2.24, 2.45) is 4.99 Å². The Morgan fingerprint density at radius 1 is 1.11 bits per heavy atom. The third kappa shape index (κ3) is 6.06. The van der Waals surface area contributed by atoms with Crippen LogP contribution in [-0.4, -0.2) is 33.3 Å². The molecule has 2 N–H and O–H groups in total. The second-order valence-corrected chi connectivity index (χ2v) is 6.16. The highest BCUT2D eigenvalue weighted by molar-refractivity contribution is 5.79. The highest BCUT2D eigenvalue weighted by Crippen LogP contribution is 2.25. The van der Waals surface area contributed by atoms with E-state index in [-0.39, 0.29) is 5.92 Å². The van der Waals surface area contributed by atoms with Crippen molar-refractivity contribution in [1.29, 1.82) is 0 Å².